The molecule has 0 saturated carbocycles. The van der Waals surface area contributed by atoms with E-state index in [9.17, 15) is 9.18 Å². The van der Waals surface area contributed by atoms with E-state index in [1.54, 1.807) is 35.0 Å². The van der Waals surface area contributed by atoms with Gasteiger partial charge < -0.3 is 14.8 Å². The molecule has 0 aliphatic carbocycles. The number of carbonyl (C=O) groups excluding carboxylic acids is 1. The van der Waals surface area contributed by atoms with Gasteiger partial charge in [-0.3, -0.25) is 0 Å². The Kier molecular flexibility index (Phi) is 5.70. The maximum Gasteiger partial charge on any atom is 0.338 e. The van der Waals surface area contributed by atoms with Crippen LogP contribution in [0.25, 0.3) is 0 Å². The summed E-state index contributed by atoms with van der Waals surface area (Å²) in [6.07, 6.45) is 1.19. The predicted molar refractivity (Wildman–Crippen MR) is 113 cm³/mol. The Labute approximate surface area is 179 Å². The third kappa shape index (κ3) is 4.28. The van der Waals surface area contributed by atoms with Gasteiger partial charge in [-0.25, -0.2) is 13.9 Å². The monoisotopic (exact) mass is 422 g/mol. The smallest absolute Gasteiger partial charge is 0.338 e. The number of halogens is 1. The van der Waals surface area contributed by atoms with Crippen molar-refractivity contribution in [2.24, 2.45) is 0 Å². The van der Waals surface area contributed by atoms with Gasteiger partial charge in [-0.05, 0) is 44.5 Å². The molecule has 1 N–H and O–H groups in total. The summed E-state index contributed by atoms with van der Waals surface area (Å²) < 4.78 is 26.7. The summed E-state index contributed by atoms with van der Waals surface area (Å²) in [5, 5.41) is 7.40. The predicted octanol–water partition coefficient (Wildman–Crippen LogP) is 4.24. The Morgan fingerprint density at radius 1 is 1.19 bits per heavy atom. The number of nitrogens with zero attached hydrogens (tertiary/aromatic N) is 3. The van der Waals surface area contributed by atoms with Crippen LogP contribution in [-0.2, 0) is 16.1 Å². The highest BCUT2D eigenvalue weighted by molar-refractivity contribution is 5.92. The molecule has 7 nitrogen and oxygen atoms in total. The number of fused-ring (bicyclic) bond motifs is 1. The van der Waals surface area contributed by atoms with Crippen molar-refractivity contribution in [3.05, 3.63) is 83.1 Å². The minimum Gasteiger partial charge on any atom is -0.489 e. The molecular formula is C23H23FN4O3. The summed E-state index contributed by atoms with van der Waals surface area (Å²) in [5.74, 6) is 0.419. The lowest BCUT2D eigenvalue weighted by Crippen LogP contribution is -2.30. The molecule has 3 aromatic rings. The lowest BCUT2D eigenvalue weighted by molar-refractivity contribution is -0.143. The first kappa shape index (κ1) is 20.6. The summed E-state index contributed by atoms with van der Waals surface area (Å²) >= 11 is 0. The highest BCUT2D eigenvalue weighted by atomic mass is 19.1. The van der Waals surface area contributed by atoms with E-state index in [1.807, 2.05) is 32.9 Å². The van der Waals surface area contributed by atoms with Crippen LogP contribution < -0.4 is 10.1 Å². The molecule has 160 valence electrons. The summed E-state index contributed by atoms with van der Waals surface area (Å²) in [6, 6.07) is 13.3. The molecule has 0 saturated heterocycles. The fourth-order valence-electron chi connectivity index (χ4n) is 3.46. The number of rotatable bonds is 6. The zero-order chi connectivity index (χ0) is 22.0. The second kappa shape index (κ2) is 8.59. The standard InChI is InChI=1S/C23H23FN4O3/c1-14(2)31-22(29)20-15(3)27-23-25-13-26-28(23)21(20)16-8-10-18(11-9-16)30-12-17-6-4-5-7-19(17)24/h4-11,13-14,21H,12H2,1-3H3,(H,25,26,27)/t21-/m1/s1. The number of ether oxygens (including phenoxy) is 2. The Balaban J connectivity index is 1.60. The number of aromatic nitrogens is 3. The molecule has 1 atom stereocenters. The van der Waals surface area contributed by atoms with Gasteiger partial charge in [-0.15, -0.1) is 0 Å². The number of allylic oxidation sites excluding steroid dienone is 1. The maximum atomic E-state index is 13.8. The maximum absolute atomic E-state index is 13.8. The van der Waals surface area contributed by atoms with E-state index in [4.69, 9.17) is 9.47 Å². The normalized spacial score (nSPS) is 15.5. The Bertz CT molecular complexity index is 1120. The summed E-state index contributed by atoms with van der Waals surface area (Å²) in [5.41, 5.74) is 2.43. The number of nitrogens with one attached hydrogen (secondary N) is 1. The van der Waals surface area contributed by atoms with E-state index in [2.05, 4.69) is 15.4 Å². The van der Waals surface area contributed by atoms with Gasteiger partial charge in [0.25, 0.3) is 0 Å². The second-order valence-electron chi connectivity index (χ2n) is 7.50. The highest BCUT2D eigenvalue weighted by Gasteiger charge is 2.34. The Morgan fingerprint density at radius 2 is 1.94 bits per heavy atom. The van der Waals surface area contributed by atoms with Crippen molar-refractivity contribution < 1.29 is 18.7 Å². The van der Waals surface area contributed by atoms with Gasteiger partial charge in [-0.2, -0.15) is 10.1 Å². The van der Waals surface area contributed by atoms with Gasteiger partial charge in [0.1, 0.15) is 30.5 Å². The molecule has 31 heavy (non-hydrogen) atoms. The molecule has 0 spiro atoms. The van der Waals surface area contributed by atoms with E-state index < -0.39 is 12.0 Å². The number of esters is 1. The SMILES string of the molecule is CC1=C(C(=O)OC(C)C)[C@@H](c2ccc(OCc3ccccc3F)cc2)n2ncnc2N1. The molecule has 4 rings (SSSR count). The van der Waals surface area contributed by atoms with E-state index in [1.165, 1.54) is 12.4 Å². The molecular weight excluding hydrogens is 399 g/mol. The number of anilines is 1. The minimum atomic E-state index is -0.495. The molecule has 0 amide bonds. The van der Waals surface area contributed by atoms with Crippen LogP contribution in [0.4, 0.5) is 10.3 Å². The third-order valence-corrected chi connectivity index (χ3v) is 4.91. The van der Waals surface area contributed by atoms with Crippen LogP contribution >= 0.6 is 0 Å². The molecule has 0 fully saturated rings. The molecule has 1 aliphatic rings. The van der Waals surface area contributed by atoms with Crippen LogP contribution in [0.2, 0.25) is 0 Å². The van der Waals surface area contributed by atoms with Crippen molar-refractivity contribution in [2.75, 3.05) is 5.32 Å². The quantitative estimate of drug-likeness (QED) is 0.599. The Hall–Kier alpha value is -3.68. The topological polar surface area (TPSA) is 78.3 Å². The zero-order valence-electron chi connectivity index (χ0n) is 17.5. The summed E-state index contributed by atoms with van der Waals surface area (Å²) in [7, 11) is 0. The van der Waals surface area contributed by atoms with Gasteiger partial charge in [0, 0.05) is 11.3 Å². The zero-order valence-corrected chi connectivity index (χ0v) is 17.5. The molecule has 1 aromatic heterocycles. The molecule has 2 heterocycles. The van der Waals surface area contributed by atoms with E-state index in [0.717, 1.165) is 5.56 Å². The largest absolute Gasteiger partial charge is 0.489 e. The van der Waals surface area contributed by atoms with E-state index in [-0.39, 0.29) is 18.5 Å². The lowest BCUT2D eigenvalue weighted by atomic mass is 9.95. The van der Waals surface area contributed by atoms with Crippen molar-refractivity contribution in [3.8, 4) is 5.75 Å². The van der Waals surface area contributed by atoms with Crippen LogP contribution in [0, 0.1) is 5.82 Å². The molecule has 2 aromatic carbocycles. The van der Waals surface area contributed by atoms with Gasteiger partial charge in [0.2, 0.25) is 5.95 Å². The third-order valence-electron chi connectivity index (χ3n) is 4.91. The molecule has 0 bridgehead atoms. The first-order valence-electron chi connectivity index (χ1n) is 9.98. The fraction of sp³-hybridized carbons (Fsp3) is 0.261. The van der Waals surface area contributed by atoms with Crippen LogP contribution in [0.5, 0.6) is 5.75 Å². The summed E-state index contributed by atoms with van der Waals surface area (Å²) in [4.78, 5) is 17.1. The molecule has 8 heteroatoms. The van der Waals surface area contributed by atoms with Crippen molar-refractivity contribution in [3.63, 3.8) is 0 Å². The van der Waals surface area contributed by atoms with Crippen molar-refractivity contribution in [2.45, 2.75) is 39.5 Å². The average molecular weight is 422 g/mol. The lowest BCUT2D eigenvalue weighted by Gasteiger charge is -2.28. The highest BCUT2D eigenvalue weighted by Crippen LogP contribution is 2.36. The number of hydrogen-bond donors (Lipinski definition) is 1. The van der Waals surface area contributed by atoms with E-state index in [0.29, 0.717) is 28.5 Å². The van der Waals surface area contributed by atoms with Crippen molar-refractivity contribution in [1.82, 2.24) is 14.8 Å². The number of benzene rings is 2. The Morgan fingerprint density at radius 3 is 2.65 bits per heavy atom. The summed E-state index contributed by atoms with van der Waals surface area (Å²) in [6.45, 7) is 5.55. The fourth-order valence-corrected chi connectivity index (χ4v) is 3.46. The van der Waals surface area contributed by atoms with Gasteiger partial charge in [0.05, 0.1) is 11.7 Å². The molecule has 0 radical (unpaired) electrons. The first-order chi connectivity index (χ1) is 14.9. The van der Waals surface area contributed by atoms with Gasteiger partial charge in [0.15, 0.2) is 0 Å². The average Bonchev–Trinajstić information content (AvgIpc) is 3.20. The second-order valence-corrected chi connectivity index (χ2v) is 7.50. The van der Waals surface area contributed by atoms with E-state index >= 15 is 0 Å². The van der Waals surface area contributed by atoms with Gasteiger partial charge in [-0.1, -0.05) is 30.3 Å². The molecule has 1 aliphatic heterocycles. The number of carbonyl (C=O) groups is 1. The van der Waals surface area contributed by atoms with Crippen LogP contribution in [-0.4, -0.2) is 26.8 Å². The van der Waals surface area contributed by atoms with Gasteiger partial charge >= 0.3 is 5.97 Å². The van der Waals surface area contributed by atoms with Crippen LogP contribution in [0.1, 0.15) is 37.9 Å². The minimum absolute atomic E-state index is 0.123. The van der Waals surface area contributed by atoms with Crippen LogP contribution in [0.3, 0.4) is 0 Å². The molecule has 0 unspecified atom stereocenters. The van der Waals surface area contributed by atoms with Crippen LogP contribution in [0.15, 0.2) is 66.1 Å². The van der Waals surface area contributed by atoms with Crippen molar-refractivity contribution in [1.29, 1.82) is 0 Å². The first-order valence-corrected chi connectivity index (χ1v) is 9.98. The van der Waals surface area contributed by atoms with Crippen molar-refractivity contribution >= 4 is 11.9 Å². The number of hydrogen-bond acceptors (Lipinski definition) is 6.